The normalized spacial score (nSPS) is 13.9. The van der Waals surface area contributed by atoms with Gasteiger partial charge in [-0.1, -0.05) is 44.2 Å². The molecule has 0 radical (unpaired) electrons. The summed E-state index contributed by atoms with van der Waals surface area (Å²) in [6, 6.07) is 15.9. The zero-order valence-electron chi connectivity index (χ0n) is 21.8. The third-order valence-corrected chi connectivity index (χ3v) is 6.75. The van der Waals surface area contributed by atoms with Gasteiger partial charge in [-0.2, -0.15) is 13.2 Å². The van der Waals surface area contributed by atoms with Gasteiger partial charge >= 0.3 is 12.2 Å². The van der Waals surface area contributed by atoms with E-state index in [9.17, 15) is 18.0 Å². The van der Waals surface area contributed by atoms with Crippen molar-refractivity contribution in [2.45, 2.75) is 45.2 Å². The lowest BCUT2D eigenvalue weighted by Crippen LogP contribution is -2.39. The number of amides is 2. The fourth-order valence-electron chi connectivity index (χ4n) is 4.51. The van der Waals surface area contributed by atoms with E-state index >= 15 is 0 Å². The lowest BCUT2D eigenvalue weighted by atomic mass is 10.0. The third kappa shape index (κ3) is 6.36. The van der Waals surface area contributed by atoms with Gasteiger partial charge in [-0.3, -0.25) is 4.90 Å². The molecule has 1 aromatic heterocycles. The number of benzene rings is 2. The third-order valence-electron chi connectivity index (χ3n) is 6.75. The number of allylic oxidation sites excluding steroid dienone is 1. The number of alkyl halides is 3. The highest BCUT2D eigenvalue weighted by molar-refractivity contribution is 6.03. The first-order valence-corrected chi connectivity index (χ1v) is 12.9. The van der Waals surface area contributed by atoms with Gasteiger partial charge in [0.2, 0.25) is 0 Å². The molecule has 2 aromatic carbocycles. The predicted octanol–water partition coefficient (Wildman–Crippen LogP) is 8.24. The highest BCUT2D eigenvalue weighted by Gasteiger charge is 2.31. The second-order valence-electron chi connectivity index (χ2n) is 9.61. The molecule has 0 unspecified atom stereocenters. The maximum Gasteiger partial charge on any atom is 0.416 e. The van der Waals surface area contributed by atoms with E-state index in [2.05, 4.69) is 18.8 Å². The zero-order valence-corrected chi connectivity index (χ0v) is 21.8. The highest BCUT2D eigenvalue weighted by atomic mass is 19.4. The molecule has 1 aliphatic heterocycles. The first-order chi connectivity index (χ1) is 18.2. The molecule has 0 aliphatic carbocycles. The number of hydrogen-bond donors (Lipinski definition) is 1. The van der Waals surface area contributed by atoms with Gasteiger partial charge in [-0.05, 0) is 73.2 Å². The number of nitrogens with one attached hydrogen (secondary N) is 1. The summed E-state index contributed by atoms with van der Waals surface area (Å²) in [5.41, 5.74) is 3.48. The molecule has 0 fully saturated rings. The van der Waals surface area contributed by atoms with E-state index in [1.165, 1.54) is 6.07 Å². The fourth-order valence-corrected chi connectivity index (χ4v) is 4.51. The quantitative estimate of drug-likeness (QED) is 0.355. The van der Waals surface area contributed by atoms with Crippen LogP contribution in [0.3, 0.4) is 0 Å². The smallest absolute Gasteiger partial charge is 0.372 e. The van der Waals surface area contributed by atoms with Gasteiger partial charge in [0.05, 0.1) is 16.9 Å². The van der Waals surface area contributed by atoms with Crippen molar-refractivity contribution >= 4 is 28.8 Å². The van der Waals surface area contributed by atoms with Crippen molar-refractivity contribution in [2.24, 2.45) is 0 Å². The molecule has 2 heterocycles. The van der Waals surface area contributed by atoms with Crippen LogP contribution in [-0.2, 0) is 6.18 Å². The van der Waals surface area contributed by atoms with Crippen LogP contribution in [0.1, 0.15) is 50.2 Å². The average Bonchev–Trinajstić information content (AvgIpc) is 2.90. The number of urea groups is 1. The summed E-state index contributed by atoms with van der Waals surface area (Å²) in [5, 5.41) is 2.96. The van der Waals surface area contributed by atoms with Crippen LogP contribution in [0.2, 0.25) is 0 Å². The Kier molecular flexibility index (Phi) is 8.39. The lowest BCUT2D eigenvalue weighted by Gasteiger charge is -2.31. The molecule has 3 aromatic rings. The van der Waals surface area contributed by atoms with Crippen LogP contribution in [0, 0.1) is 0 Å². The molecule has 8 heteroatoms. The summed E-state index contributed by atoms with van der Waals surface area (Å²) in [7, 11) is 1.93. The van der Waals surface area contributed by atoms with Gasteiger partial charge in [0.15, 0.2) is 5.82 Å². The Morgan fingerprint density at radius 2 is 1.79 bits per heavy atom. The van der Waals surface area contributed by atoms with Crippen molar-refractivity contribution in [3.63, 3.8) is 0 Å². The molecule has 1 aliphatic rings. The Morgan fingerprint density at radius 3 is 2.50 bits per heavy atom. The second kappa shape index (κ2) is 11.7. The molecule has 5 nitrogen and oxygen atoms in total. The van der Waals surface area contributed by atoms with Crippen molar-refractivity contribution in [2.75, 3.05) is 35.3 Å². The van der Waals surface area contributed by atoms with E-state index in [0.717, 1.165) is 67.6 Å². The number of pyridine rings is 1. The Hall–Kier alpha value is -3.81. The summed E-state index contributed by atoms with van der Waals surface area (Å²) < 4.78 is 39.9. The number of hydrogen-bond acceptors (Lipinski definition) is 3. The Morgan fingerprint density at radius 1 is 1.05 bits per heavy atom. The Balaban J connectivity index is 1.63. The number of unbranched alkanes of at least 4 members (excludes halogenated alkanes) is 1. The molecule has 2 amide bonds. The topological polar surface area (TPSA) is 48.5 Å². The minimum absolute atomic E-state index is 0.339. The molecular formula is C30H33F3N4O. The van der Waals surface area contributed by atoms with Crippen molar-refractivity contribution in [1.29, 1.82) is 0 Å². The molecule has 38 heavy (non-hydrogen) atoms. The number of carbonyl (C=O) groups excluding carboxylic acids is 1. The number of carbonyl (C=O) groups is 1. The van der Waals surface area contributed by atoms with Gasteiger partial charge in [0.1, 0.15) is 0 Å². The maximum absolute atomic E-state index is 13.5. The number of aromatic nitrogens is 1. The molecule has 200 valence electrons. The van der Waals surface area contributed by atoms with Crippen LogP contribution in [0.5, 0.6) is 0 Å². The molecule has 4 rings (SSSR count). The van der Waals surface area contributed by atoms with Gasteiger partial charge in [-0.25, -0.2) is 9.78 Å². The predicted molar refractivity (Wildman–Crippen MR) is 149 cm³/mol. The van der Waals surface area contributed by atoms with Crippen LogP contribution >= 0.6 is 0 Å². The Bertz CT molecular complexity index is 1290. The minimum atomic E-state index is -4.45. The summed E-state index contributed by atoms with van der Waals surface area (Å²) in [6.07, 6.45) is 0.315. The van der Waals surface area contributed by atoms with Crippen molar-refractivity contribution in [3.8, 4) is 11.3 Å². The average molecular weight is 523 g/mol. The SMILES string of the molecule is C=C(CCCC)c1ccc(NC(=O)N2CCCCN(C)c3ccc(-c4cccc(C(F)(F)F)c4)nc32)cc1. The first-order valence-electron chi connectivity index (χ1n) is 12.9. The van der Waals surface area contributed by atoms with Crippen LogP contribution in [0.15, 0.2) is 67.2 Å². The lowest BCUT2D eigenvalue weighted by molar-refractivity contribution is -0.137. The molecule has 1 N–H and O–H groups in total. The van der Waals surface area contributed by atoms with Crippen molar-refractivity contribution in [1.82, 2.24) is 4.98 Å². The number of nitrogens with zero attached hydrogens (tertiary/aromatic N) is 3. The number of fused-ring (bicyclic) bond motifs is 1. The van der Waals surface area contributed by atoms with Crippen molar-refractivity contribution in [3.05, 3.63) is 78.4 Å². The number of halogens is 3. The highest BCUT2D eigenvalue weighted by Crippen LogP contribution is 2.35. The standard InChI is InChI=1S/C30H33F3N4O/c1-4-5-9-21(2)22-12-14-25(15-13-22)34-29(38)37-19-7-6-18-36(3)27-17-16-26(35-28(27)37)23-10-8-11-24(20-23)30(31,32)33/h8,10-17,20H,2,4-7,9,18-19H2,1,3H3,(H,34,38). The summed E-state index contributed by atoms with van der Waals surface area (Å²) in [5.74, 6) is 0.421. The second-order valence-corrected chi connectivity index (χ2v) is 9.61. The van der Waals surface area contributed by atoms with Gasteiger partial charge in [-0.15, -0.1) is 0 Å². The van der Waals surface area contributed by atoms with Crippen LogP contribution < -0.4 is 15.1 Å². The minimum Gasteiger partial charge on any atom is -0.372 e. The van der Waals surface area contributed by atoms with E-state index in [1.807, 2.05) is 42.3 Å². The number of rotatable bonds is 6. The van der Waals surface area contributed by atoms with E-state index in [4.69, 9.17) is 4.98 Å². The van der Waals surface area contributed by atoms with Gasteiger partial charge in [0.25, 0.3) is 0 Å². The first kappa shape index (κ1) is 27.2. The van der Waals surface area contributed by atoms with Crippen LogP contribution in [0.25, 0.3) is 16.8 Å². The number of anilines is 3. The molecule has 0 spiro atoms. The molecule has 0 atom stereocenters. The summed E-state index contributed by atoms with van der Waals surface area (Å²) >= 11 is 0. The van der Waals surface area contributed by atoms with E-state index < -0.39 is 11.7 Å². The molecule has 0 saturated carbocycles. The van der Waals surface area contributed by atoms with Gasteiger partial charge in [0, 0.05) is 31.4 Å². The van der Waals surface area contributed by atoms with Crippen molar-refractivity contribution < 1.29 is 18.0 Å². The summed E-state index contributed by atoms with van der Waals surface area (Å²) in [6.45, 7) is 7.53. The largest absolute Gasteiger partial charge is 0.416 e. The fraction of sp³-hybridized carbons (Fsp3) is 0.333. The molecule has 0 saturated heterocycles. The van der Waals surface area contributed by atoms with Crippen LogP contribution in [0.4, 0.5) is 35.2 Å². The van der Waals surface area contributed by atoms with E-state index in [1.54, 1.807) is 17.0 Å². The van der Waals surface area contributed by atoms with E-state index in [-0.39, 0.29) is 6.03 Å². The van der Waals surface area contributed by atoms with Gasteiger partial charge < -0.3 is 10.2 Å². The monoisotopic (exact) mass is 522 g/mol. The molecular weight excluding hydrogens is 489 g/mol. The van der Waals surface area contributed by atoms with E-state index in [0.29, 0.717) is 29.3 Å². The zero-order chi connectivity index (χ0) is 27.3. The molecule has 0 bridgehead atoms. The van der Waals surface area contributed by atoms with Crippen LogP contribution in [-0.4, -0.2) is 31.2 Å². The maximum atomic E-state index is 13.5. The summed E-state index contributed by atoms with van der Waals surface area (Å²) in [4.78, 5) is 21.8. The Labute approximate surface area is 222 Å².